The van der Waals surface area contributed by atoms with Gasteiger partial charge in [-0.25, -0.2) is 9.97 Å². The van der Waals surface area contributed by atoms with Crippen molar-refractivity contribution in [2.45, 2.75) is 59.2 Å². The summed E-state index contributed by atoms with van der Waals surface area (Å²) in [4.78, 5) is 8.55. The number of rotatable bonds is 6. The average molecular weight is 263 g/mol. The third-order valence-electron chi connectivity index (χ3n) is 4.47. The van der Waals surface area contributed by atoms with Gasteiger partial charge in [-0.05, 0) is 32.8 Å². The van der Waals surface area contributed by atoms with Crippen LogP contribution in [-0.2, 0) is 11.3 Å². The molecule has 3 unspecified atom stereocenters. The van der Waals surface area contributed by atoms with Crippen molar-refractivity contribution in [1.29, 1.82) is 0 Å². The van der Waals surface area contributed by atoms with Gasteiger partial charge in [0, 0.05) is 30.8 Å². The van der Waals surface area contributed by atoms with Crippen LogP contribution in [0.2, 0.25) is 0 Å². The van der Waals surface area contributed by atoms with E-state index in [0.717, 1.165) is 37.5 Å². The fraction of sp³-hybridized carbons (Fsp3) is 0.733. The Balaban J connectivity index is 1.90. The summed E-state index contributed by atoms with van der Waals surface area (Å²) in [5, 5.41) is 3.62. The predicted octanol–water partition coefficient (Wildman–Crippen LogP) is 2.47. The summed E-state index contributed by atoms with van der Waals surface area (Å²) in [7, 11) is 0. The van der Waals surface area contributed by atoms with Gasteiger partial charge in [0.15, 0.2) is 0 Å². The van der Waals surface area contributed by atoms with Crippen LogP contribution in [-0.4, -0.2) is 28.7 Å². The van der Waals surface area contributed by atoms with E-state index in [1.807, 2.05) is 19.2 Å². The quantitative estimate of drug-likeness (QED) is 0.856. The van der Waals surface area contributed by atoms with E-state index in [4.69, 9.17) is 4.74 Å². The summed E-state index contributed by atoms with van der Waals surface area (Å²) in [5.74, 6) is 0.832. The summed E-state index contributed by atoms with van der Waals surface area (Å²) in [5.41, 5.74) is 1.31. The lowest BCUT2D eigenvalue weighted by Crippen LogP contribution is -2.62. The maximum absolute atomic E-state index is 5.82. The first-order chi connectivity index (χ1) is 9.10. The van der Waals surface area contributed by atoms with Crippen molar-refractivity contribution >= 4 is 0 Å². The average Bonchev–Trinajstić information content (AvgIpc) is 2.41. The summed E-state index contributed by atoms with van der Waals surface area (Å²) in [6.45, 7) is 10.2. The number of hydrogen-bond acceptors (Lipinski definition) is 4. The highest BCUT2D eigenvalue weighted by Crippen LogP contribution is 2.45. The Morgan fingerprint density at radius 1 is 1.47 bits per heavy atom. The van der Waals surface area contributed by atoms with Gasteiger partial charge in [-0.15, -0.1) is 0 Å². The molecule has 106 valence electrons. The topological polar surface area (TPSA) is 47.0 Å². The van der Waals surface area contributed by atoms with Gasteiger partial charge in [0.25, 0.3) is 0 Å². The highest BCUT2D eigenvalue weighted by Gasteiger charge is 2.50. The Morgan fingerprint density at radius 2 is 2.26 bits per heavy atom. The van der Waals surface area contributed by atoms with Crippen LogP contribution in [0.4, 0.5) is 0 Å². The molecule has 0 amide bonds. The zero-order valence-electron chi connectivity index (χ0n) is 12.4. The molecule has 19 heavy (non-hydrogen) atoms. The molecule has 2 rings (SSSR count). The zero-order chi connectivity index (χ0) is 13.9. The molecule has 3 atom stereocenters. The van der Waals surface area contributed by atoms with Gasteiger partial charge < -0.3 is 10.1 Å². The van der Waals surface area contributed by atoms with Gasteiger partial charge >= 0.3 is 0 Å². The third-order valence-corrected chi connectivity index (χ3v) is 4.47. The molecule has 1 N–H and O–H groups in total. The highest BCUT2D eigenvalue weighted by atomic mass is 16.5. The molecule has 1 aliphatic rings. The maximum atomic E-state index is 5.82. The molecule has 4 nitrogen and oxygen atoms in total. The van der Waals surface area contributed by atoms with Crippen molar-refractivity contribution in [3.63, 3.8) is 0 Å². The van der Waals surface area contributed by atoms with Gasteiger partial charge in [-0.1, -0.05) is 13.8 Å². The first-order valence-electron chi connectivity index (χ1n) is 7.23. The van der Waals surface area contributed by atoms with E-state index in [-0.39, 0.29) is 5.41 Å². The molecular formula is C15H25N3O. The number of nitrogens with zero attached hydrogens (tertiary/aromatic N) is 2. The molecule has 1 heterocycles. The van der Waals surface area contributed by atoms with E-state index in [2.05, 4.69) is 36.1 Å². The number of ether oxygens (including phenoxy) is 1. The zero-order valence-corrected chi connectivity index (χ0v) is 12.4. The minimum atomic E-state index is 0.248. The smallest absolute Gasteiger partial charge is 0.125 e. The SMILES string of the molecule is CCOC1CC(NCc2ccnc(C)n2)C1(C)CC. The lowest BCUT2D eigenvalue weighted by atomic mass is 9.61. The lowest BCUT2D eigenvalue weighted by Gasteiger charge is -2.53. The van der Waals surface area contributed by atoms with Crippen molar-refractivity contribution in [2.24, 2.45) is 5.41 Å². The van der Waals surface area contributed by atoms with Crippen LogP contribution in [0.15, 0.2) is 12.3 Å². The first kappa shape index (κ1) is 14.4. The molecule has 1 aliphatic carbocycles. The van der Waals surface area contributed by atoms with Crippen molar-refractivity contribution < 1.29 is 4.74 Å². The molecule has 0 aliphatic heterocycles. The van der Waals surface area contributed by atoms with Crippen molar-refractivity contribution in [3.05, 3.63) is 23.8 Å². The minimum Gasteiger partial charge on any atom is -0.378 e. The molecule has 0 saturated heterocycles. The predicted molar refractivity (Wildman–Crippen MR) is 75.8 cm³/mol. The second-order valence-corrected chi connectivity index (χ2v) is 5.57. The van der Waals surface area contributed by atoms with E-state index in [0.29, 0.717) is 12.1 Å². The number of hydrogen-bond donors (Lipinski definition) is 1. The summed E-state index contributed by atoms with van der Waals surface area (Å²) in [6, 6.07) is 2.49. The summed E-state index contributed by atoms with van der Waals surface area (Å²) in [6.07, 6.45) is 4.45. The summed E-state index contributed by atoms with van der Waals surface area (Å²) < 4.78 is 5.82. The van der Waals surface area contributed by atoms with Gasteiger partial charge in [0.1, 0.15) is 5.82 Å². The van der Waals surface area contributed by atoms with Crippen LogP contribution in [0.1, 0.15) is 45.1 Å². The van der Waals surface area contributed by atoms with Crippen LogP contribution in [0.5, 0.6) is 0 Å². The Kier molecular flexibility index (Phi) is 4.53. The van der Waals surface area contributed by atoms with Crippen LogP contribution in [0.25, 0.3) is 0 Å². The van der Waals surface area contributed by atoms with Crippen molar-refractivity contribution in [2.75, 3.05) is 6.61 Å². The second kappa shape index (κ2) is 5.97. The van der Waals surface area contributed by atoms with Gasteiger partial charge in [-0.2, -0.15) is 0 Å². The molecule has 4 heteroatoms. The largest absolute Gasteiger partial charge is 0.378 e. The van der Waals surface area contributed by atoms with Crippen LogP contribution >= 0.6 is 0 Å². The molecule has 0 aromatic carbocycles. The molecule has 0 spiro atoms. The minimum absolute atomic E-state index is 0.248. The fourth-order valence-electron chi connectivity index (χ4n) is 2.90. The van der Waals surface area contributed by atoms with Crippen LogP contribution in [0.3, 0.4) is 0 Å². The Bertz CT molecular complexity index is 424. The van der Waals surface area contributed by atoms with E-state index in [1.165, 1.54) is 0 Å². The normalized spacial score (nSPS) is 30.1. The van der Waals surface area contributed by atoms with Crippen molar-refractivity contribution in [3.8, 4) is 0 Å². The third kappa shape index (κ3) is 2.95. The molecule has 0 bridgehead atoms. The highest BCUT2D eigenvalue weighted by molar-refractivity contribution is 5.07. The lowest BCUT2D eigenvalue weighted by molar-refractivity contribution is -0.126. The van der Waals surface area contributed by atoms with Crippen molar-refractivity contribution in [1.82, 2.24) is 15.3 Å². The van der Waals surface area contributed by atoms with Crippen LogP contribution < -0.4 is 5.32 Å². The molecule has 0 radical (unpaired) electrons. The Hall–Kier alpha value is -1.00. The Labute approximate surface area is 116 Å². The molecule has 1 aromatic heterocycles. The van der Waals surface area contributed by atoms with E-state index >= 15 is 0 Å². The van der Waals surface area contributed by atoms with Gasteiger partial charge in [-0.3, -0.25) is 0 Å². The van der Waals surface area contributed by atoms with E-state index in [1.54, 1.807) is 0 Å². The second-order valence-electron chi connectivity index (χ2n) is 5.57. The first-order valence-corrected chi connectivity index (χ1v) is 7.23. The van der Waals surface area contributed by atoms with E-state index < -0.39 is 0 Å². The number of aryl methyl sites for hydroxylation is 1. The molecular weight excluding hydrogens is 238 g/mol. The van der Waals surface area contributed by atoms with Crippen LogP contribution in [0, 0.1) is 12.3 Å². The standard InChI is InChI=1S/C15H25N3O/c1-5-15(4)13(9-14(15)19-6-2)17-10-12-7-8-16-11(3)18-12/h7-8,13-14,17H,5-6,9-10H2,1-4H3. The van der Waals surface area contributed by atoms with Gasteiger partial charge in [0.05, 0.1) is 11.8 Å². The van der Waals surface area contributed by atoms with Gasteiger partial charge in [0.2, 0.25) is 0 Å². The Morgan fingerprint density at radius 3 is 2.89 bits per heavy atom. The maximum Gasteiger partial charge on any atom is 0.125 e. The molecule has 1 aromatic rings. The number of aromatic nitrogens is 2. The monoisotopic (exact) mass is 263 g/mol. The summed E-state index contributed by atoms with van der Waals surface area (Å²) >= 11 is 0. The molecule has 1 fully saturated rings. The number of nitrogens with one attached hydrogen (secondary N) is 1. The van der Waals surface area contributed by atoms with E-state index in [9.17, 15) is 0 Å². The fourth-order valence-corrected chi connectivity index (χ4v) is 2.90. The molecule has 1 saturated carbocycles.